The summed E-state index contributed by atoms with van der Waals surface area (Å²) in [7, 11) is 0. The van der Waals surface area contributed by atoms with Crippen LogP contribution >= 0.6 is 0 Å². The summed E-state index contributed by atoms with van der Waals surface area (Å²) in [5.74, 6) is 0.169. The van der Waals surface area contributed by atoms with E-state index in [2.05, 4.69) is 5.32 Å². The molecule has 0 aromatic carbocycles. The Morgan fingerprint density at radius 1 is 1.30 bits per heavy atom. The molecule has 2 aliphatic heterocycles. The number of rotatable bonds is 3. The van der Waals surface area contributed by atoms with Crippen LogP contribution in [0.1, 0.15) is 32.6 Å². The van der Waals surface area contributed by atoms with Crippen molar-refractivity contribution in [3.63, 3.8) is 0 Å². The Bertz CT molecular complexity index is 359. The Hall–Kier alpha value is -1.14. The molecule has 6 nitrogen and oxygen atoms in total. The third-order valence-electron chi connectivity index (χ3n) is 4.60. The minimum Gasteiger partial charge on any atom is -0.381 e. The minimum atomic E-state index is -0.462. The lowest BCUT2D eigenvalue weighted by Gasteiger charge is -2.38. The molecule has 114 valence electrons. The molecule has 2 rings (SSSR count). The predicted octanol–water partition coefficient (Wildman–Crippen LogP) is -0.131. The van der Waals surface area contributed by atoms with E-state index < -0.39 is 5.41 Å². The van der Waals surface area contributed by atoms with Gasteiger partial charge in [0.25, 0.3) is 0 Å². The molecule has 0 spiro atoms. The molecular formula is C14H25N3O3. The maximum atomic E-state index is 12.5. The number of carbonyl (C=O) groups excluding carboxylic acids is 2. The number of nitrogens with zero attached hydrogens (tertiary/aromatic N) is 1. The van der Waals surface area contributed by atoms with E-state index in [0.717, 1.165) is 25.9 Å². The fraction of sp³-hybridized carbons (Fsp3) is 0.857. The molecule has 0 aromatic heterocycles. The average molecular weight is 283 g/mol. The maximum absolute atomic E-state index is 12.5. The summed E-state index contributed by atoms with van der Waals surface area (Å²) in [5.41, 5.74) is 5.37. The first kappa shape index (κ1) is 15.3. The Balaban J connectivity index is 1.86. The lowest BCUT2D eigenvalue weighted by molar-refractivity contribution is -0.137. The second-order valence-electron chi connectivity index (χ2n) is 5.85. The Morgan fingerprint density at radius 2 is 1.90 bits per heavy atom. The molecule has 0 radical (unpaired) electrons. The molecule has 2 fully saturated rings. The van der Waals surface area contributed by atoms with Crippen LogP contribution in [-0.2, 0) is 14.3 Å². The molecule has 3 N–H and O–H groups in total. The van der Waals surface area contributed by atoms with Crippen molar-refractivity contribution in [3.05, 3.63) is 0 Å². The van der Waals surface area contributed by atoms with Gasteiger partial charge in [-0.2, -0.15) is 0 Å². The summed E-state index contributed by atoms with van der Waals surface area (Å²) in [5, 5.41) is 3.13. The van der Waals surface area contributed by atoms with E-state index in [1.807, 2.05) is 4.90 Å². The molecule has 0 bridgehead atoms. The van der Waals surface area contributed by atoms with E-state index in [0.29, 0.717) is 32.6 Å². The standard InChI is InChI=1S/C14H25N3O3/c1-11(18)17-6-2-12(3-7-17)16-13(19)14(10-15)4-8-20-9-5-14/h12H,2-10,15H2,1H3,(H,16,19). The van der Waals surface area contributed by atoms with Crippen molar-refractivity contribution in [2.45, 2.75) is 38.6 Å². The van der Waals surface area contributed by atoms with Crippen molar-refractivity contribution < 1.29 is 14.3 Å². The van der Waals surface area contributed by atoms with Crippen LogP contribution in [0.3, 0.4) is 0 Å². The van der Waals surface area contributed by atoms with Gasteiger partial charge in [-0.05, 0) is 25.7 Å². The third kappa shape index (κ3) is 3.30. The summed E-state index contributed by atoms with van der Waals surface area (Å²) in [6, 6.07) is 0.157. The van der Waals surface area contributed by atoms with E-state index >= 15 is 0 Å². The van der Waals surface area contributed by atoms with Gasteiger partial charge in [-0.1, -0.05) is 0 Å². The molecular weight excluding hydrogens is 258 g/mol. The van der Waals surface area contributed by atoms with E-state index in [-0.39, 0.29) is 17.9 Å². The van der Waals surface area contributed by atoms with E-state index in [1.54, 1.807) is 6.92 Å². The van der Waals surface area contributed by atoms with Crippen LogP contribution in [0.4, 0.5) is 0 Å². The smallest absolute Gasteiger partial charge is 0.227 e. The van der Waals surface area contributed by atoms with Crippen molar-refractivity contribution in [1.29, 1.82) is 0 Å². The van der Waals surface area contributed by atoms with Crippen LogP contribution in [0.15, 0.2) is 0 Å². The highest BCUT2D eigenvalue weighted by atomic mass is 16.5. The number of carbonyl (C=O) groups is 2. The zero-order valence-electron chi connectivity index (χ0n) is 12.2. The van der Waals surface area contributed by atoms with Crippen LogP contribution in [0.5, 0.6) is 0 Å². The number of hydrogen-bond acceptors (Lipinski definition) is 4. The predicted molar refractivity (Wildman–Crippen MR) is 75.0 cm³/mol. The van der Waals surface area contributed by atoms with Gasteiger partial charge in [0.1, 0.15) is 0 Å². The third-order valence-corrected chi connectivity index (χ3v) is 4.60. The number of likely N-dealkylation sites (tertiary alicyclic amines) is 1. The van der Waals surface area contributed by atoms with Gasteiger partial charge in [0, 0.05) is 45.8 Å². The number of hydrogen-bond donors (Lipinski definition) is 2. The molecule has 2 saturated heterocycles. The van der Waals surface area contributed by atoms with Gasteiger partial charge >= 0.3 is 0 Å². The van der Waals surface area contributed by atoms with Gasteiger partial charge in [-0.25, -0.2) is 0 Å². The second-order valence-corrected chi connectivity index (χ2v) is 5.85. The normalized spacial score (nSPS) is 23.4. The molecule has 6 heteroatoms. The lowest BCUT2D eigenvalue weighted by atomic mass is 9.79. The molecule has 0 saturated carbocycles. The van der Waals surface area contributed by atoms with E-state index in [1.165, 1.54) is 0 Å². The Morgan fingerprint density at radius 3 is 2.40 bits per heavy atom. The molecule has 0 unspecified atom stereocenters. The summed E-state index contributed by atoms with van der Waals surface area (Å²) >= 11 is 0. The highest BCUT2D eigenvalue weighted by Gasteiger charge is 2.39. The summed E-state index contributed by atoms with van der Waals surface area (Å²) in [6.07, 6.45) is 3.04. The van der Waals surface area contributed by atoms with Gasteiger partial charge < -0.3 is 20.7 Å². The van der Waals surface area contributed by atoms with Crippen molar-refractivity contribution in [1.82, 2.24) is 10.2 Å². The summed E-state index contributed by atoms with van der Waals surface area (Å²) in [6.45, 7) is 4.61. The van der Waals surface area contributed by atoms with Crippen molar-refractivity contribution in [2.75, 3.05) is 32.8 Å². The number of nitrogens with two attached hydrogens (primary N) is 1. The topological polar surface area (TPSA) is 84.7 Å². The van der Waals surface area contributed by atoms with E-state index in [9.17, 15) is 9.59 Å². The quantitative estimate of drug-likeness (QED) is 0.755. The molecule has 2 aliphatic rings. The SMILES string of the molecule is CC(=O)N1CCC(NC(=O)C2(CN)CCOCC2)CC1. The zero-order valence-corrected chi connectivity index (χ0v) is 12.2. The number of ether oxygens (including phenoxy) is 1. The van der Waals surface area contributed by atoms with Crippen LogP contribution in [0, 0.1) is 5.41 Å². The molecule has 0 aliphatic carbocycles. The summed E-state index contributed by atoms with van der Waals surface area (Å²) < 4.78 is 5.33. The molecule has 2 amide bonds. The number of amides is 2. The second kappa shape index (κ2) is 6.54. The van der Waals surface area contributed by atoms with Gasteiger partial charge in [0.15, 0.2) is 0 Å². The van der Waals surface area contributed by atoms with Crippen LogP contribution in [-0.4, -0.2) is 55.6 Å². The first-order chi connectivity index (χ1) is 9.57. The minimum absolute atomic E-state index is 0.0598. The lowest BCUT2D eigenvalue weighted by Crippen LogP contribution is -2.54. The zero-order chi connectivity index (χ0) is 14.6. The fourth-order valence-electron chi connectivity index (χ4n) is 2.96. The van der Waals surface area contributed by atoms with Crippen molar-refractivity contribution >= 4 is 11.8 Å². The Kier molecular flexibility index (Phi) is 4.99. The highest BCUT2D eigenvalue weighted by molar-refractivity contribution is 5.83. The van der Waals surface area contributed by atoms with Gasteiger partial charge in [0.05, 0.1) is 5.41 Å². The van der Waals surface area contributed by atoms with Crippen molar-refractivity contribution in [3.8, 4) is 0 Å². The first-order valence-corrected chi connectivity index (χ1v) is 7.42. The van der Waals surface area contributed by atoms with E-state index in [4.69, 9.17) is 10.5 Å². The van der Waals surface area contributed by atoms with Gasteiger partial charge in [-0.3, -0.25) is 9.59 Å². The molecule has 20 heavy (non-hydrogen) atoms. The van der Waals surface area contributed by atoms with Crippen molar-refractivity contribution in [2.24, 2.45) is 11.1 Å². The average Bonchev–Trinajstić information content (AvgIpc) is 2.48. The Labute approximate surface area is 120 Å². The van der Waals surface area contributed by atoms with Crippen LogP contribution < -0.4 is 11.1 Å². The highest BCUT2D eigenvalue weighted by Crippen LogP contribution is 2.30. The maximum Gasteiger partial charge on any atom is 0.227 e. The number of nitrogens with one attached hydrogen (secondary N) is 1. The largest absolute Gasteiger partial charge is 0.381 e. The number of piperidine rings is 1. The molecule has 0 atom stereocenters. The monoisotopic (exact) mass is 283 g/mol. The van der Waals surface area contributed by atoms with Gasteiger partial charge in [0.2, 0.25) is 11.8 Å². The van der Waals surface area contributed by atoms with Crippen LogP contribution in [0.25, 0.3) is 0 Å². The van der Waals surface area contributed by atoms with Crippen LogP contribution in [0.2, 0.25) is 0 Å². The summed E-state index contributed by atoms with van der Waals surface area (Å²) in [4.78, 5) is 25.6. The molecule has 2 heterocycles. The molecule has 0 aromatic rings. The fourth-order valence-corrected chi connectivity index (χ4v) is 2.96. The first-order valence-electron chi connectivity index (χ1n) is 7.42. The van der Waals surface area contributed by atoms with Gasteiger partial charge in [-0.15, -0.1) is 0 Å².